The van der Waals surface area contributed by atoms with Crippen LogP contribution in [-0.2, 0) is 6.42 Å². The maximum atomic E-state index is 12.4. The molecule has 0 heterocycles. The van der Waals surface area contributed by atoms with Gasteiger partial charge >= 0.3 is 6.03 Å². The van der Waals surface area contributed by atoms with Crippen molar-refractivity contribution in [3.8, 4) is 5.75 Å². The summed E-state index contributed by atoms with van der Waals surface area (Å²) in [7, 11) is 3.09. The van der Waals surface area contributed by atoms with E-state index >= 15 is 0 Å². The lowest BCUT2D eigenvalue weighted by Crippen LogP contribution is -2.33. The molecule has 2 aromatic rings. The number of aryl methyl sites for hydroxylation is 1. The second-order valence-corrected chi connectivity index (χ2v) is 6.62. The van der Waals surface area contributed by atoms with Crippen LogP contribution in [0, 0.1) is 0 Å². The van der Waals surface area contributed by atoms with Gasteiger partial charge in [0.15, 0.2) is 0 Å². The van der Waals surface area contributed by atoms with Crippen LogP contribution < -0.4 is 20.7 Å². The zero-order valence-electron chi connectivity index (χ0n) is 15.7. The van der Waals surface area contributed by atoms with Gasteiger partial charge in [-0.25, -0.2) is 4.79 Å². The van der Waals surface area contributed by atoms with Crippen LogP contribution in [0.5, 0.6) is 5.75 Å². The van der Waals surface area contributed by atoms with E-state index in [1.54, 1.807) is 25.2 Å². The van der Waals surface area contributed by atoms with Crippen LogP contribution in [0.25, 0.3) is 0 Å². The summed E-state index contributed by atoms with van der Waals surface area (Å²) < 4.78 is 5.28. The van der Waals surface area contributed by atoms with Gasteiger partial charge in [-0.05, 0) is 48.6 Å². The van der Waals surface area contributed by atoms with Gasteiger partial charge in [-0.2, -0.15) is 0 Å². The van der Waals surface area contributed by atoms with Gasteiger partial charge in [-0.15, -0.1) is 0 Å². The molecule has 2 aromatic carbocycles. The molecule has 3 rings (SSSR count). The fraction of sp³-hybridized carbons (Fsp3) is 0.333. The average Bonchev–Trinajstić information content (AvgIpc) is 2.71. The molecule has 3 amide bonds. The van der Waals surface area contributed by atoms with Crippen molar-refractivity contribution in [1.82, 2.24) is 10.6 Å². The van der Waals surface area contributed by atoms with Crippen LogP contribution in [0.15, 0.2) is 42.5 Å². The van der Waals surface area contributed by atoms with Gasteiger partial charge in [-0.3, -0.25) is 4.79 Å². The van der Waals surface area contributed by atoms with E-state index in [1.165, 1.54) is 18.2 Å². The quantitative estimate of drug-likeness (QED) is 0.759. The van der Waals surface area contributed by atoms with Crippen molar-refractivity contribution in [2.45, 2.75) is 25.2 Å². The molecule has 0 bridgehead atoms. The Balaban J connectivity index is 1.65. The minimum atomic E-state index is -0.314. The van der Waals surface area contributed by atoms with E-state index in [-0.39, 0.29) is 11.9 Å². The molecule has 0 aromatic heterocycles. The molecular formula is C21H25N3O3. The second-order valence-electron chi connectivity index (χ2n) is 6.62. The third kappa shape index (κ3) is 4.39. The van der Waals surface area contributed by atoms with Gasteiger partial charge in [0.1, 0.15) is 5.75 Å². The van der Waals surface area contributed by atoms with E-state index in [4.69, 9.17) is 4.74 Å². The molecule has 1 aliphatic rings. The first-order valence-corrected chi connectivity index (χ1v) is 9.15. The number of nitrogens with one attached hydrogen (secondary N) is 3. The fourth-order valence-electron chi connectivity index (χ4n) is 3.54. The number of urea groups is 1. The maximum absolute atomic E-state index is 12.4. The van der Waals surface area contributed by atoms with Crippen molar-refractivity contribution in [3.63, 3.8) is 0 Å². The van der Waals surface area contributed by atoms with E-state index < -0.39 is 0 Å². The monoisotopic (exact) mass is 367 g/mol. The molecule has 6 nitrogen and oxygen atoms in total. The Bertz CT molecular complexity index is 835. The second kappa shape index (κ2) is 8.58. The van der Waals surface area contributed by atoms with E-state index in [2.05, 4.69) is 34.1 Å². The molecule has 0 fully saturated rings. The maximum Gasteiger partial charge on any atom is 0.319 e. The minimum Gasteiger partial charge on any atom is -0.495 e. The van der Waals surface area contributed by atoms with Crippen molar-refractivity contribution in [1.29, 1.82) is 0 Å². The number of fused-ring (bicyclic) bond motifs is 1. The number of amides is 3. The Morgan fingerprint density at radius 2 is 2.00 bits per heavy atom. The molecule has 0 saturated heterocycles. The largest absolute Gasteiger partial charge is 0.495 e. The highest BCUT2D eigenvalue weighted by Gasteiger charge is 2.20. The van der Waals surface area contributed by atoms with Crippen LogP contribution >= 0.6 is 0 Å². The Morgan fingerprint density at radius 3 is 2.78 bits per heavy atom. The molecule has 3 N–H and O–H groups in total. The van der Waals surface area contributed by atoms with Gasteiger partial charge in [0, 0.05) is 25.1 Å². The molecule has 142 valence electrons. The smallest absolute Gasteiger partial charge is 0.319 e. The number of anilines is 1. The zero-order chi connectivity index (χ0) is 19.2. The van der Waals surface area contributed by atoms with E-state index in [0.717, 1.165) is 19.3 Å². The standard InChI is InChI=1S/C21H25N3O3/c1-22-20(25)15-10-11-19(27-2)18(12-15)24-21(26)23-13-16-8-5-7-14-6-3-4-9-17(14)16/h3-4,6,9-12,16H,5,7-8,13H2,1-2H3,(H,22,25)(H2,23,24,26). The summed E-state index contributed by atoms with van der Waals surface area (Å²) in [6.45, 7) is 0.570. The fourth-order valence-corrected chi connectivity index (χ4v) is 3.54. The summed E-state index contributed by atoms with van der Waals surface area (Å²) in [6, 6.07) is 13.0. The normalized spacial score (nSPS) is 15.4. The Morgan fingerprint density at radius 1 is 1.19 bits per heavy atom. The summed E-state index contributed by atoms with van der Waals surface area (Å²) in [5.41, 5.74) is 3.61. The number of methoxy groups -OCH3 is 1. The van der Waals surface area contributed by atoms with Crippen molar-refractivity contribution >= 4 is 17.6 Å². The summed E-state index contributed by atoms with van der Waals surface area (Å²) in [6.07, 6.45) is 3.29. The summed E-state index contributed by atoms with van der Waals surface area (Å²) in [5, 5.41) is 8.31. The molecule has 0 spiro atoms. The van der Waals surface area contributed by atoms with E-state index in [9.17, 15) is 9.59 Å². The van der Waals surface area contributed by atoms with E-state index in [1.807, 2.05) is 6.07 Å². The third-order valence-corrected chi connectivity index (χ3v) is 4.94. The molecule has 0 saturated carbocycles. The lowest BCUT2D eigenvalue weighted by molar-refractivity contribution is 0.0963. The number of benzene rings is 2. The topological polar surface area (TPSA) is 79.5 Å². The number of hydrogen-bond donors (Lipinski definition) is 3. The number of ether oxygens (including phenoxy) is 1. The zero-order valence-corrected chi connectivity index (χ0v) is 15.7. The Hall–Kier alpha value is -3.02. The highest BCUT2D eigenvalue weighted by atomic mass is 16.5. The van der Waals surface area contributed by atoms with Crippen LogP contribution in [0.4, 0.5) is 10.5 Å². The molecule has 0 aliphatic heterocycles. The van der Waals surface area contributed by atoms with Crippen molar-refractivity contribution in [2.75, 3.05) is 26.0 Å². The van der Waals surface area contributed by atoms with Gasteiger partial charge < -0.3 is 20.7 Å². The lowest BCUT2D eigenvalue weighted by atomic mass is 9.83. The van der Waals surface area contributed by atoms with Crippen LogP contribution in [0.1, 0.15) is 40.2 Å². The lowest BCUT2D eigenvalue weighted by Gasteiger charge is -2.25. The Labute approximate surface area is 159 Å². The minimum absolute atomic E-state index is 0.222. The van der Waals surface area contributed by atoms with Crippen molar-refractivity contribution in [2.24, 2.45) is 0 Å². The van der Waals surface area contributed by atoms with Crippen LogP contribution in [0.2, 0.25) is 0 Å². The highest BCUT2D eigenvalue weighted by molar-refractivity contribution is 5.97. The highest BCUT2D eigenvalue weighted by Crippen LogP contribution is 2.31. The first-order chi connectivity index (χ1) is 13.1. The number of carbonyl (C=O) groups excluding carboxylic acids is 2. The molecule has 6 heteroatoms. The summed E-state index contributed by atoms with van der Waals surface area (Å²) >= 11 is 0. The van der Waals surface area contributed by atoms with E-state index in [0.29, 0.717) is 29.5 Å². The number of rotatable bonds is 5. The predicted octanol–water partition coefficient (Wildman–Crippen LogP) is 3.30. The van der Waals surface area contributed by atoms with Gasteiger partial charge in [0.2, 0.25) is 0 Å². The Kier molecular flexibility index (Phi) is 5.96. The van der Waals surface area contributed by atoms with Crippen LogP contribution in [0.3, 0.4) is 0 Å². The summed E-state index contributed by atoms with van der Waals surface area (Å²) in [5.74, 6) is 0.598. The third-order valence-electron chi connectivity index (χ3n) is 4.94. The molecule has 0 radical (unpaired) electrons. The molecule has 1 aliphatic carbocycles. The molecule has 1 unspecified atom stereocenters. The molecule has 27 heavy (non-hydrogen) atoms. The van der Waals surface area contributed by atoms with Gasteiger partial charge in [0.05, 0.1) is 12.8 Å². The van der Waals surface area contributed by atoms with Crippen molar-refractivity contribution < 1.29 is 14.3 Å². The van der Waals surface area contributed by atoms with Crippen LogP contribution in [-0.4, -0.2) is 32.6 Å². The van der Waals surface area contributed by atoms with Crippen molar-refractivity contribution in [3.05, 3.63) is 59.2 Å². The average molecular weight is 367 g/mol. The first-order valence-electron chi connectivity index (χ1n) is 9.15. The summed E-state index contributed by atoms with van der Waals surface area (Å²) in [4.78, 5) is 24.2. The molecule has 1 atom stereocenters. The number of hydrogen-bond acceptors (Lipinski definition) is 3. The van der Waals surface area contributed by atoms with Gasteiger partial charge in [-0.1, -0.05) is 24.3 Å². The van der Waals surface area contributed by atoms with Gasteiger partial charge in [0.25, 0.3) is 5.91 Å². The first kappa shape index (κ1) is 18.8. The number of carbonyl (C=O) groups is 2. The SMILES string of the molecule is CNC(=O)c1ccc(OC)c(NC(=O)NCC2CCCc3ccccc32)c1. The molecular weight excluding hydrogens is 342 g/mol. The predicted molar refractivity (Wildman–Crippen MR) is 106 cm³/mol.